The highest BCUT2D eigenvalue weighted by atomic mass is 16.3. The van der Waals surface area contributed by atoms with Gasteiger partial charge in [0.1, 0.15) is 11.3 Å². The molecule has 0 bridgehead atoms. The number of hydrogen-bond donors (Lipinski definition) is 1. The first kappa shape index (κ1) is 8.98. The van der Waals surface area contributed by atoms with Crippen molar-refractivity contribution in [3.8, 4) is 0 Å². The summed E-state index contributed by atoms with van der Waals surface area (Å²) in [5, 5.41) is 10.6. The third-order valence-electron chi connectivity index (χ3n) is 3.02. The van der Waals surface area contributed by atoms with E-state index in [1.54, 1.807) is 6.92 Å². The van der Waals surface area contributed by atoms with Crippen molar-refractivity contribution in [2.24, 2.45) is 0 Å². The van der Waals surface area contributed by atoms with Crippen LogP contribution in [0, 0.1) is 0 Å². The average molecular weight is 202 g/mol. The van der Waals surface area contributed by atoms with Gasteiger partial charge in [-0.15, -0.1) is 0 Å². The third-order valence-corrected chi connectivity index (χ3v) is 3.02. The molecule has 1 fully saturated rings. The number of rotatable bonds is 2. The molecule has 0 aliphatic heterocycles. The van der Waals surface area contributed by atoms with Crippen LogP contribution in [0.1, 0.15) is 43.1 Å². The van der Waals surface area contributed by atoms with E-state index in [0.717, 1.165) is 22.3 Å². The van der Waals surface area contributed by atoms with E-state index in [1.165, 1.54) is 12.8 Å². The summed E-state index contributed by atoms with van der Waals surface area (Å²) in [5.74, 6) is 1.75. The molecule has 1 aromatic carbocycles. The van der Waals surface area contributed by atoms with Gasteiger partial charge in [-0.2, -0.15) is 0 Å². The van der Waals surface area contributed by atoms with E-state index < -0.39 is 6.10 Å². The van der Waals surface area contributed by atoms with Crippen LogP contribution < -0.4 is 0 Å². The van der Waals surface area contributed by atoms with Crippen molar-refractivity contribution < 1.29 is 9.52 Å². The van der Waals surface area contributed by atoms with Crippen LogP contribution >= 0.6 is 0 Å². The molecule has 1 saturated carbocycles. The van der Waals surface area contributed by atoms with Gasteiger partial charge in [0, 0.05) is 11.3 Å². The van der Waals surface area contributed by atoms with Gasteiger partial charge in [-0.3, -0.25) is 0 Å². The zero-order valence-electron chi connectivity index (χ0n) is 8.73. The molecule has 15 heavy (non-hydrogen) atoms. The molecule has 0 amide bonds. The zero-order valence-corrected chi connectivity index (χ0v) is 8.73. The van der Waals surface area contributed by atoms with Gasteiger partial charge in [0.05, 0.1) is 6.10 Å². The fourth-order valence-corrected chi connectivity index (χ4v) is 1.91. The Kier molecular flexibility index (Phi) is 1.86. The van der Waals surface area contributed by atoms with Crippen molar-refractivity contribution >= 4 is 11.0 Å². The van der Waals surface area contributed by atoms with Crippen molar-refractivity contribution in [2.75, 3.05) is 0 Å². The van der Waals surface area contributed by atoms with E-state index in [9.17, 15) is 5.11 Å². The van der Waals surface area contributed by atoms with Gasteiger partial charge in [-0.1, -0.05) is 6.07 Å². The van der Waals surface area contributed by atoms with Crippen LogP contribution in [0.25, 0.3) is 11.0 Å². The normalized spacial score (nSPS) is 18.3. The molecule has 0 saturated heterocycles. The largest absolute Gasteiger partial charge is 0.461 e. The van der Waals surface area contributed by atoms with Gasteiger partial charge in [-0.25, -0.2) is 0 Å². The van der Waals surface area contributed by atoms with Gasteiger partial charge >= 0.3 is 0 Å². The SMILES string of the molecule is CC(O)c1ccc2oc(C3CC3)cc2c1. The van der Waals surface area contributed by atoms with Crippen molar-refractivity contribution in [2.45, 2.75) is 31.8 Å². The van der Waals surface area contributed by atoms with E-state index in [0.29, 0.717) is 5.92 Å². The molecule has 1 aliphatic carbocycles. The molecule has 1 atom stereocenters. The summed E-state index contributed by atoms with van der Waals surface area (Å²) < 4.78 is 5.75. The quantitative estimate of drug-likeness (QED) is 0.810. The smallest absolute Gasteiger partial charge is 0.134 e. The monoisotopic (exact) mass is 202 g/mol. The number of fused-ring (bicyclic) bond motifs is 1. The Morgan fingerprint density at radius 1 is 1.33 bits per heavy atom. The van der Waals surface area contributed by atoms with Gasteiger partial charge < -0.3 is 9.52 Å². The van der Waals surface area contributed by atoms with E-state index in [-0.39, 0.29) is 0 Å². The molecule has 2 aromatic rings. The minimum atomic E-state index is -0.409. The maximum Gasteiger partial charge on any atom is 0.134 e. The number of furan rings is 1. The molecule has 1 unspecified atom stereocenters. The van der Waals surface area contributed by atoms with Crippen LogP contribution in [0.15, 0.2) is 28.7 Å². The Bertz CT molecular complexity index is 492. The first-order valence-electron chi connectivity index (χ1n) is 5.45. The van der Waals surface area contributed by atoms with Crippen molar-refractivity contribution in [3.63, 3.8) is 0 Å². The summed E-state index contributed by atoms with van der Waals surface area (Å²) >= 11 is 0. The molecule has 0 radical (unpaired) electrons. The number of benzene rings is 1. The predicted molar refractivity (Wildman–Crippen MR) is 58.8 cm³/mol. The molecular formula is C13H14O2. The summed E-state index contributed by atoms with van der Waals surface area (Å²) in [4.78, 5) is 0. The Morgan fingerprint density at radius 2 is 2.13 bits per heavy atom. The van der Waals surface area contributed by atoms with Crippen LogP contribution in [0.2, 0.25) is 0 Å². The van der Waals surface area contributed by atoms with Crippen molar-refractivity contribution in [1.82, 2.24) is 0 Å². The Hall–Kier alpha value is -1.28. The van der Waals surface area contributed by atoms with Crippen LogP contribution in [0.5, 0.6) is 0 Å². The van der Waals surface area contributed by atoms with E-state index in [2.05, 4.69) is 6.07 Å². The first-order chi connectivity index (χ1) is 7.24. The van der Waals surface area contributed by atoms with Crippen molar-refractivity contribution in [3.05, 3.63) is 35.6 Å². The van der Waals surface area contributed by atoms with Gasteiger partial charge in [0.2, 0.25) is 0 Å². The molecule has 1 aromatic heterocycles. The second-order valence-electron chi connectivity index (χ2n) is 4.40. The van der Waals surface area contributed by atoms with E-state index >= 15 is 0 Å². The average Bonchev–Trinajstić information content (AvgIpc) is 2.97. The highest BCUT2D eigenvalue weighted by Gasteiger charge is 2.27. The molecule has 2 heteroatoms. The lowest BCUT2D eigenvalue weighted by molar-refractivity contribution is 0.199. The standard InChI is InChI=1S/C13H14O2/c1-8(14)10-4-5-12-11(6-10)7-13(15-12)9-2-3-9/h4-9,14H,2-3H2,1H3. The number of hydrogen-bond acceptors (Lipinski definition) is 2. The first-order valence-corrected chi connectivity index (χ1v) is 5.45. The Labute approximate surface area is 88.5 Å². The second kappa shape index (κ2) is 3.11. The van der Waals surface area contributed by atoms with E-state index in [1.807, 2.05) is 18.2 Å². The van der Waals surface area contributed by atoms with Crippen molar-refractivity contribution in [1.29, 1.82) is 0 Å². The molecular weight excluding hydrogens is 188 g/mol. The van der Waals surface area contributed by atoms with Crippen LogP contribution in [0.4, 0.5) is 0 Å². The minimum absolute atomic E-state index is 0.409. The zero-order chi connectivity index (χ0) is 10.4. The number of aliphatic hydroxyl groups is 1. The summed E-state index contributed by atoms with van der Waals surface area (Å²) in [5.41, 5.74) is 1.88. The van der Waals surface area contributed by atoms with Gasteiger partial charge in [0.15, 0.2) is 0 Å². The summed E-state index contributed by atoms with van der Waals surface area (Å²) in [6.07, 6.45) is 2.10. The minimum Gasteiger partial charge on any atom is -0.461 e. The maximum absolute atomic E-state index is 9.48. The molecule has 3 rings (SSSR count). The Morgan fingerprint density at radius 3 is 2.80 bits per heavy atom. The molecule has 78 valence electrons. The lowest BCUT2D eigenvalue weighted by atomic mass is 10.1. The van der Waals surface area contributed by atoms with Crippen LogP contribution in [0.3, 0.4) is 0 Å². The predicted octanol–water partition coefficient (Wildman–Crippen LogP) is 3.36. The van der Waals surface area contributed by atoms with E-state index in [4.69, 9.17) is 4.42 Å². The highest BCUT2D eigenvalue weighted by molar-refractivity contribution is 5.79. The molecule has 1 N–H and O–H groups in total. The number of aliphatic hydroxyl groups excluding tert-OH is 1. The third kappa shape index (κ3) is 1.55. The van der Waals surface area contributed by atoms with Gasteiger partial charge in [0.25, 0.3) is 0 Å². The maximum atomic E-state index is 9.48. The fraction of sp³-hybridized carbons (Fsp3) is 0.385. The molecule has 2 nitrogen and oxygen atoms in total. The van der Waals surface area contributed by atoms with Gasteiger partial charge in [-0.05, 0) is 43.5 Å². The Balaban J connectivity index is 2.09. The highest BCUT2D eigenvalue weighted by Crippen LogP contribution is 2.42. The van der Waals surface area contributed by atoms with Crippen LogP contribution in [-0.2, 0) is 0 Å². The summed E-state index contributed by atoms with van der Waals surface area (Å²) in [6.45, 7) is 1.78. The molecule has 1 heterocycles. The summed E-state index contributed by atoms with van der Waals surface area (Å²) in [6, 6.07) is 7.99. The molecule has 0 spiro atoms. The topological polar surface area (TPSA) is 33.4 Å². The summed E-state index contributed by atoms with van der Waals surface area (Å²) in [7, 11) is 0. The fourth-order valence-electron chi connectivity index (χ4n) is 1.91. The second-order valence-corrected chi connectivity index (χ2v) is 4.40. The lowest BCUT2D eigenvalue weighted by Gasteiger charge is -2.02. The lowest BCUT2D eigenvalue weighted by Crippen LogP contribution is -1.88. The van der Waals surface area contributed by atoms with Crippen LogP contribution in [-0.4, -0.2) is 5.11 Å². The molecule has 1 aliphatic rings.